The molecule has 0 aliphatic rings. The zero-order chi connectivity index (χ0) is 15.9. The second-order valence-electron chi connectivity index (χ2n) is 4.90. The fourth-order valence-corrected chi connectivity index (χ4v) is 2.14. The highest BCUT2D eigenvalue weighted by Crippen LogP contribution is 2.33. The summed E-state index contributed by atoms with van der Waals surface area (Å²) in [7, 11) is -0.470. The minimum Gasteiger partial charge on any atom is -0.387 e. The van der Waals surface area contributed by atoms with Gasteiger partial charge in [0.15, 0.2) is 0 Å². The molecule has 1 aromatic rings. The molecule has 0 saturated carbocycles. The number of amides is 1. The second-order valence-corrected chi connectivity index (χ2v) is 8.36. The van der Waals surface area contributed by atoms with E-state index < -0.39 is 13.0 Å². The van der Waals surface area contributed by atoms with Crippen LogP contribution >= 0.6 is 7.14 Å². The maximum atomic E-state index is 11.6. The van der Waals surface area contributed by atoms with Crippen LogP contribution in [0.2, 0.25) is 0 Å². The quantitative estimate of drug-likeness (QED) is 0.252. The fraction of sp³-hybridized carbons (Fsp3) is 0.357. The molecule has 1 amide bonds. The van der Waals surface area contributed by atoms with Crippen molar-refractivity contribution in [2.75, 3.05) is 38.5 Å². The molecule has 0 aliphatic heterocycles. The van der Waals surface area contributed by atoms with Crippen LogP contribution in [-0.2, 0) is 9.36 Å². The lowest BCUT2D eigenvalue weighted by atomic mass is 10.2. The van der Waals surface area contributed by atoms with E-state index >= 15 is 0 Å². The van der Waals surface area contributed by atoms with Gasteiger partial charge in [-0.05, 0) is 31.4 Å². The minimum absolute atomic E-state index is 0.121. The summed E-state index contributed by atoms with van der Waals surface area (Å²) in [6.07, 6.45) is 0.239. The topological polar surface area (TPSA) is 81.7 Å². The van der Waals surface area contributed by atoms with Crippen molar-refractivity contribution in [1.82, 2.24) is 10.4 Å². The number of para-hydroxylation sites is 1. The Labute approximate surface area is 124 Å². The monoisotopic (exact) mass is 309 g/mol. The summed E-state index contributed by atoms with van der Waals surface area (Å²) in [5.74, 6) is 2.11. The Balaban J connectivity index is 2.61. The normalized spacial score (nSPS) is 10.5. The lowest BCUT2D eigenvalue weighted by Crippen LogP contribution is -2.33. The Morgan fingerprint density at radius 2 is 2.05 bits per heavy atom. The molecule has 0 radical (unpaired) electrons. The van der Waals surface area contributed by atoms with Gasteiger partial charge in [0.1, 0.15) is 0 Å². The van der Waals surface area contributed by atoms with Gasteiger partial charge in [0, 0.05) is 30.6 Å². The molecule has 3 N–H and O–H groups in total. The summed E-state index contributed by atoms with van der Waals surface area (Å²) in [5, 5.41) is 15.6. The highest BCUT2D eigenvalue weighted by atomic mass is 31.2. The van der Waals surface area contributed by atoms with Gasteiger partial charge >= 0.3 is 0 Å². The van der Waals surface area contributed by atoms with Crippen LogP contribution in [0.15, 0.2) is 24.3 Å². The maximum Gasteiger partial charge on any atom is 0.272 e. The largest absolute Gasteiger partial charge is 0.387 e. The molecular formula is C14H20N3O3P. The average molecular weight is 309 g/mol. The van der Waals surface area contributed by atoms with Gasteiger partial charge in [-0.3, -0.25) is 10.0 Å². The number of carbonyl (C=O) groups is 1. The second kappa shape index (κ2) is 7.84. The maximum absolute atomic E-state index is 11.6. The van der Waals surface area contributed by atoms with Crippen molar-refractivity contribution in [3.63, 3.8) is 0 Å². The number of anilines is 1. The molecule has 1 aromatic carbocycles. The Morgan fingerprint density at radius 3 is 2.67 bits per heavy atom. The van der Waals surface area contributed by atoms with Crippen molar-refractivity contribution >= 4 is 18.7 Å². The Morgan fingerprint density at radius 1 is 1.38 bits per heavy atom. The molecule has 0 atom stereocenters. The van der Waals surface area contributed by atoms with Crippen molar-refractivity contribution in [3.8, 4) is 12.0 Å². The van der Waals surface area contributed by atoms with Crippen LogP contribution in [-0.4, -0.2) is 49.4 Å². The van der Waals surface area contributed by atoms with Crippen molar-refractivity contribution in [2.24, 2.45) is 0 Å². The van der Waals surface area contributed by atoms with Gasteiger partial charge < -0.3 is 15.2 Å². The Hall–Kier alpha value is -1.80. The summed E-state index contributed by atoms with van der Waals surface area (Å²) < 4.78 is 11.5. The molecule has 114 valence electrons. The van der Waals surface area contributed by atoms with Crippen LogP contribution in [0, 0.1) is 12.0 Å². The van der Waals surface area contributed by atoms with Crippen LogP contribution in [0.5, 0.6) is 0 Å². The van der Waals surface area contributed by atoms with Crippen molar-refractivity contribution in [3.05, 3.63) is 29.8 Å². The number of benzene rings is 1. The number of nitrogens with one attached hydrogen (secondary N) is 2. The standard InChI is InChI=1S/C14H20N3O3P/c1-15-13-7-5-4-6-12(13)8-9-17(19)14(18)10-16-11-21(2,3)20/h4-7,15-16,19H,10-11H2,1-3H3. The van der Waals surface area contributed by atoms with Crippen LogP contribution in [0.1, 0.15) is 5.56 Å². The molecule has 1 rings (SSSR count). The van der Waals surface area contributed by atoms with Gasteiger partial charge in [0.2, 0.25) is 0 Å². The molecular weight excluding hydrogens is 289 g/mol. The smallest absolute Gasteiger partial charge is 0.272 e. The molecule has 0 heterocycles. The summed E-state index contributed by atoms with van der Waals surface area (Å²) >= 11 is 0. The number of rotatable bonds is 5. The van der Waals surface area contributed by atoms with Gasteiger partial charge in [0.05, 0.1) is 13.7 Å². The van der Waals surface area contributed by atoms with Crippen molar-refractivity contribution in [2.45, 2.75) is 0 Å². The lowest BCUT2D eigenvalue weighted by Gasteiger charge is -2.10. The third-order valence-corrected chi connectivity index (χ3v) is 3.48. The third-order valence-electron chi connectivity index (χ3n) is 2.50. The molecule has 0 saturated heterocycles. The van der Waals surface area contributed by atoms with Crippen LogP contribution < -0.4 is 10.6 Å². The molecule has 21 heavy (non-hydrogen) atoms. The molecule has 7 heteroatoms. The first kappa shape index (κ1) is 17.3. The number of hydrogen-bond acceptors (Lipinski definition) is 5. The van der Waals surface area contributed by atoms with E-state index in [0.29, 0.717) is 10.6 Å². The van der Waals surface area contributed by atoms with E-state index in [0.717, 1.165) is 5.69 Å². The summed E-state index contributed by atoms with van der Waals surface area (Å²) in [4.78, 5) is 11.6. The van der Waals surface area contributed by atoms with Gasteiger partial charge in [-0.1, -0.05) is 12.1 Å². The summed E-state index contributed by atoms with van der Waals surface area (Å²) in [6, 6.07) is 9.65. The Bertz CT molecular complexity index is 601. The van der Waals surface area contributed by atoms with Gasteiger partial charge in [-0.15, -0.1) is 5.06 Å². The zero-order valence-electron chi connectivity index (χ0n) is 12.4. The molecule has 6 nitrogen and oxygen atoms in total. The van der Waals surface area contributed by atoms with Crippen LogP contribution in [0.25, 0.3) is 0 Å². The fourth-order valence-electron chi connectivity index (χ4n) is 1.49. The molecule has 0 fully saturated rings. The number of carbonyl (C=O) groups excluding carboxylic acids is 1. The molecule has 0 spiro atoms. The zero-order valence-corrected chi connectivity index (χ0v) is 13.3. The van der Waals surface area contributed by atoms with E-state index in [-0.39, 0.29) is 12.8 Å². The number of nitrogens with zero attached hydrogens (tertiary/aromatic N) is 1. The van der Waals surface area contributed by atoms with Crippen LogP contribution in [0.3, 0.4) is 0 Å². The minimum atomic E-state index is -2.23. The first-order chi connectivity index (χ1) is 9.83. The summed E-state index contributed by atoms with van der Waals surface area (Å²) in [6.45, 7) is 3.12. The van der Waals surface area contributed by atoms with Gasteiger partial charge in [0.25, 0.3) is 5.91 Å². The van der Waals surface area contributed by atoms with Crippen LogP contribution in [0.4, 0.5) is 5.69 Å². The lowest BCUT2D eigenvalue weighted by molar-refractivity contribution is -0.150. The van der Waals surface area contributed by atoms with Crippen molar-refractivity contribution < 1.29 is 14.6 Å². The summed E-state index contributed by atoms with van der Waals surface area (Å²) in [5.41, 5.74) is 1.48. The van der Waals surface area contributed by atoms with E-state index in [1.807, 2.05) is 18.2 Å². The number of hydroxylamine groups is 2. The van der Waals surface area contributed by atoms with E-state index in [9.17, 15) is 14.6 Å². The van der Waals surface area contributed by atoms with E-state index in [1.54, 1.807) is 26.4 Å². The SMILES string of the molecule is CNc1ccccc1C#CN(O)C(=O)CNCP(C)(C)=O. The van der Waals surface area contributed by atoms with Crippen molar-refractivity contribution in [1.29, 1.82) is 0 Å². The predicted molar refractivity (Wildman–Crippen MR) is 83.8 cm³/mol. The highest BCUT2D eigenvalue weighted by molar-refractivity contribution is 7.62. The van der Waals surface area contributed by atoms with E-state index in [2.05, 4.69) is 22.6 Å². The molecule has 0 aliphatic carbocycles. The Kier molecular flexibility index (Phi) is 6.44. The van der Waals surface area contributed by atoms with Gasteiger partial charge in [-0.25, -0.2) is 0 Å². The van der Waals surface area contributed by atoms with E-state index in [4.69, 9.17) is 0 Å². The van der Waals surface area contributed by atoms with Gasteiger partial charge in [-0.2, -0.15) is 0 Å². The molecule has 0 bridgehead atoms. The number of hydrogen-bond donors (Lipinski definition) is 3. The average Bonchev–Trinajstić information content (AvgIpc) is 2.43. The first-order valence-electron chi connectivity index (χ1n) is 6.38. The molecule has 0 aromatic heterocycles. The first-order valence-corrected chi connectivity index (χ1v) is 9.17. The van der Waals surface area contributed by atoms with E-state index in [1.165, 1.54) is 0 Å². The predicted octanol–water partition coefficient (Wildman–Crippen LogP) is 1.42. The highest BCUT2D eigenvalue weighted by Gasteiger charge is 2.11. The third kappa shape index (κ3) is 6.46. The molecule has 0 unspecified atom stereocenters.